The average Bonchev–Trinajstić information content (AvgIpc) is 3.09. The highest BCUT2D eigenvalue weighted by Crippen LogP contribution is 2.28. The maximum Gasteiger partial charge on any atom is 0.338 e. The average molecular weight is 485 g/mol. The molecule has 1 fully saturated rings. The first-order valence-electron chi connectivity index (χ1n) is 10.0. The minimum Gasteiger partial charge on any atom is -0.452 e. The van der Waals surface area contributed by atoms with Crippen LogP contribution >= 0.6 is 22.9 Å². The molecule has 0 atom stereocenters. The highest BCUT2D eigenvalue weighted by molar-refractivity contribution is 7.89. The van der Waals surface area contributed by atoms with E-state index in [2.05, 4.69) is 0 Å². The summed E-state index contributed by atoms with van der Waals surface area (Å²) in [7, 11) is -2.20. The third kappa shape index (κ3) is 6.06. The van der Waals surface area contributed by atoms with Crippen molar-refractivity contribution in [3.63, 3.8) is 0 Å². The van der Waals surface area contributed by atoms with Gasteiger partial charge < -0.3 is 9.64 Å². The van der Waals surface area contributed by atoms with Crippen LogP contribution in [0, 0.1) is 0 Å². The molecule has 2 heterocycles. The summed E-state index contributed by atoms with van der Waals surface area (Å²) in [5.41, 5.74) is 1.03. The van der Waals surface area contributed by atoms with E-state index in [-0.39, 0.29) is 21.4 Å². The molecule has 0 unspecified atom stereocenters. The van der Waals surface area contributed by atoms with E-state index in [1.165, 1.54) is 38.7 Å². The van der Waals surface area contributed by atoms with E-state index in [4.69, 9.17) is 16.3 Å². The fraction of sp³-hybridized carbons (Fsp3) is 0.429. The Balaban J connectivity index is 1.67. The van der Waals surface area contributed by atoms with Crippen molar-refractivity contribution in [2.24, 2.45) is 0 Å². The Kier molecular flexibility index (Phi) is 8.10. The predicted octanol–water partition coefficient (Wildman–Crippen LogP) is 3.78. The number of esters is 1. The molecule has 0 spiro atoms. The summed E-state index contributed by atoms with van der Waals surface area (Å²) in [6.45, 7) is 0.839. The van der Waals surface area contributed by atoms with Gasteiger partial charge in [-0.05, 0) is 53.4 Å². The fourth-order valence-electron chi connectivity index (χ4n) is 3.31. The molecule has 1 aliphatic heterocycles. The number of rotatable bonds is 7. The maximum atomic E-state index is 13.1. The van der Waals surface area contributed by atoms with Crippen molar-refractivity contribution < 1.29 is 22.7 Å². The number of hydrogen-bond donors (Lipinski definition) is 0. The molecule has 1 amide bonds. The van der Waals surface area contributed by atoms with Crippen molar-refractivity contribution in [2.75, 3.05) is 26.7 Å². The van der Waals surface area contributed by atoms with Crippen LogP contribution in [-0.4, -0.2) is 56.2 Å². The van der Waals surface area contributed by atoms with Gasteiger partial charge in [0.05, 0.1) is 10.6 Å². The van der Waals surface area contributed by atoms with Crippen LogP contribution in [0.4, 0.5) is 0 Å². The Morgan fingerprint density at radius 1 is 1.16 bits per heavy atom. The molecule has 1 aromatic heterocycles. The highest BCUT2D eigenvalue weighted by atomic mass is 35.5. The number of likely N-dealkylation sites (N-methyl/N-ethyl adjacent to an activating group) is 1. The van der Waals surface area contributed by atoms with Crippen molar-refractivity contribution in [1.82, 2.24) is 9.21 Å². The van der Waals surface area contributed by atoms with Gasteiger partial charge in [-0.25, -0.2) is 13.2 Å². The van der Waals surface area contributed by atoms with E-state index in [0.29, 0.717) is 19.6 Å². The number of halogens is 1. The summed E-state index contributed by atoms with van der Waals surface area (Å²) in [6, 6.07) is 5.91. The van der Waals surface area contributed by atoms with Crippen LogP contribution in [0.25, 0.3) is 0 Å². The molecule has 0 radical (unpaired) electrons. The van der Waals surface area contributed by atoms with E-state index < -0.39 is 22.6 Å². The molecule has 10 heteroatoms. The van der Waals surface area contributed by atoms with Gasteiger partial charge >= 0.3 is 5.97 Å². The third-order valence-corrected chi connectivity index (χ3v) is 8.21. The zero-order valence-corrected chi connectivity index (χ0v) is 19.6. The zero-order chi connectivity index (χ0) is 22.4. The quantitative estimate of drug-likeness (QED) is 0.558. The Hall–Kier alpha value is -1.94. The second kappa shape index (κ2) is 10.6. The third-order valence-electron chi connectivity index (χ3n) is 5.10. The van der Waals surface area contributed by atoms with Crippen LogP contribution < -0.4 is 0 Å². The lowest BCUT2D eigenvalue weighted by Crippen LogP contribution is -2.32. The summed E-state index contributed by atoms with van der Waals surface area (Å²) in [5, 5.41) is 3.91. The highest BCUT2D eigenvalue weighted by Gasteiger charge is 2.28. The van der Waals surface area contributed by atoms with Crippen LogP contribution in [0.15, 0.2) is 39.9 Å². The predicted molar refractivity (Wildman–Crippen MR) is 120 cm³/mol. The number of sulfonamides is 1. The smallest absolute Gasteiger partial charge is 0.338 e. The number of hydrogen-bond acceptors (Lipinski definition) is 6. The zero-order valence-electron chi connectivity index (χ0n) is 17.3. The number of nitrogens with zero attached hydrogens (tertiary/aromatic N) is 2. The lowest BCUT2D eigenvalue weighted by molar-refractivity contribution is -0.133. The Morgan fingerprint density at radius 2 is 1.87 bits per heavy atom. The maximum absolute atomic E-state index is 13.1. The van der Waals surface area contributed by atoms with Gasteiger partial charge in [-0.3, -0.25) is 4.79 Å². The van der Waals surface area contributed by atoms with Gasteiger partial charge in [0, 0.05) is 26.7 Å². The molecule has 7 nitrogen and oxygen atoms in total. The summed E-state index contributed by atoms with van der Waals surface area (Å²) < 4.78 is 32.7. The Bertz CT molecular complexity index is 1020. The molecule has 1 aromatic carbocycles. The molecule has 0 aliphatic carbocycles. The monoisotopic (exact) mass is 484 g/mol. The number of amides is 1. The van der Waals surface area contributed by atoms with Crippen LogP contribution in [0.3, 0.4) is 0 Å². The van der Waals surface area contributed by atoms with Crippen molar-refractivity contribution in [1.29, 1.82) is 0 Å². The number of thiophene rings is 1. The molecule has 2 aromatic rings. The number of benzene rings is 1. The van der Waals surface area contributed by atoms with Gasteiger partial charge in [-0.1, -0.05) is 24.4 Å². The van der Waals surface area contributed by atoms with Gasteiger partial charge in [0.2, 0.25) is 10.0 Å². The summed E-state index contributed by atoms with van der Waals surface area (Å²) in [4.78, 5) is 26.1. The fourth-order valence-corrected chi connectivity index (χ4v) is 5.99. The lowest BCUT2D eigenvalue weighted by atomic mass is 10.2. The largest absolute Gasteiger partial charge is 0.452 e. The first kappa shape index (κ1) is 23.7. The molecule has 0 N–H and O–H groups in total. The first-order valence-corrected chi connectivity index (χ1v) is 12.8. The summed E-state index contributed by atoms with van der Waals surface area (Å²) in [6.07, 6.45) is 3.56. The normalized spacial score (nSPS) is 15.3. The van der Waals surface area contributed by atoms with Crippen LogP contribution in [0.5, 0.6) is 0 Å². The molecule has 1 saturated heterocycles. The Morgan fingerprint density at radius 3 is 2.52 bits per heavy atom. The molecule has 1 aliphatic rings. The second-order valence-corrected chi connectivity index (χ2v) is 10.5. The van der Waals surface area contributed by atoms with Crippen molar-refractivity contribution in [2.45, 2.75) is 37.1 Å². The van der Waals surface area contributed by atoms with Crippen molar-refractivity contribution in [3.05, 3.63) is 51.2 Å². The van der Waals surface area contributed by atoms with Crippen molar-refractivity contribution >= 4 is 44.8 Å². The topological polar surface area (TPSA) is 84.0 Å². The van der Waals surface area contributed by atoms with Crippen LogP contribution in [0.2, 0.25) is 5.02 Å². The number of carbonyl (C=O) groups is 2. The molecular weight excluding hydrogens is 460 g/mol. The first-order chi connectivity index (χ1) is 14.8. The van der Waals surface area contributed by atoms with Crippen LogP contribution in [0.1, 0.15) is 41.6 Å². The molecule has 3 rings (SSSR count). The Labute approximate surface area is 191 Å². The number of ether oxygens (including phenoxy) is 1. The van der Waals surface area contributed by atoms with E-state index in [9.17, 15) is 18.0 Å². The molecule has 0 saturated carbocycles. The minimum absolute atomic E-state index is 0.0334. The van der Waals surface area contributed by atoms with Gasteiger partial charge in [-0.15, -0.1) is 0 Å². The van der Waals surface area contributed by atoms with Gasteiger partial charge in [0.15, 0.2) is 6.61 Å². The van der Waals surface area contributed by atoms with Gasteiger partial charge in [0.25, 0.3) is 5.91 Å². The summed E-state index contributed by atoms with van der Waals surface area (Å²) >= 11 is 7.70. The molecule has 31 heavy (non-hydrogen) atoms. The van der Waals surface area contributed by atoms with E-state index in [1.54, 1.807) is 7.05 Å². The van der Waals surface area contributed by atoms with Crippen molar-refractivity contribution in [3.8, 4) is 0 Å². The SMILES string of the molecule is CN(Cc1ccsc1)C(=O)COC(=O)c1ccc(Cl)c(S(=O)(=O)N2CCCCCC2)c1. The number of carbonyl (C=O) groups excluding carboxylic acids is 2. The summed E-state index contributed by atoms with van der Waals surface area (Å²) in [5.74, 6) is -1.13. The second-order valence-electron chi connectivity index (χ2n) is 7.42. The van der Waals surface area contributed by atoms with E-state index in [1.807, 2.05) is 16.8 Å². The van der Waals surface area contributed by atoms with E-state index >= 15 is 0 Å². The molecule has 0 bridgehead atoms. The minimum atomic E-state index is -3.83. The standard InChI is InChI=1S/C21H25ClN2O5S2/c1-23(13-16-8-11-30-15-16)20(25)14-29-21(26)17-6-7-18(22)19(12-17)31(27,28)24-9-4-2-3-5-10-24/h6-8,11-12,15H,2-5,9-10,13-14H2,1H3. The van der Waals surface area contributed by atoms with E-state index in [0.717, 1.165) is 31.2 Å². The van der Waals surface area contributed by atoms with Gasteiger partial charge in [0.1, 0.15) is 4.90 Å². The van der Waals surface area contributed by atoms with Gasteiger partial charge in [-0.2, -0.15) is 15.6 Å². The van der Waals surface area contributed by atoms with Crippen LogP contribution in [-0.2, 0) is 26.1 Å². The molecule has 168 valence electrons. The molecular formula is C21H25ClN2O5S2. The lowest BCUT2D eigenvalue weighted by Gasteiger charge is -2.21.